The standard InChI is InChI=1S/C13H14N2O3/c1-14(2)11(16)7-8-15-10-6-4-3-5-9(10)12(17)13(15)18/h3-6H,7-8H2,1-2H3. The third-order valence-corrected chi connectivity index (χ3v) is 2.93. The zero-order chi connectivity index (χ0) is 13.3. The molecule has 0 N–H and O–H groups in total. The van der Waals surface area contributed by atoms with Gasteiger partial charge in [0, 0.05) is 27.1 Å². The van der Waals surface area contributed by atoms with Crippen LogP contribution in [-0.2, 0) is 9.59 Å². The highest BCUT2D eigenvalue weighted by atomic mass is 16.2. The normalized spacial score (nSPS) is 13.8. The molecular weight excluding hydrogens is 232 g/mol. The summed E-state index contributed by atoms with van der Waals surface area (Å²) in [4.78, 5) is 37.8. The van der Waals surface area contributed by atoms with Crippen molar-refractivity contribution in [2.24, 2.45) is 0 Å². The van der Waals surface area contributed by atoms with Crippen molar-refractivity contribution in [1.29, 1.82) is 0 Å². The molecule has 1 aliphatic heterocycles. The van der Waals surface area contributed by atoms with E-state index in [0.29, 0.717) is 11.3 Å². The Hall–Kier alpha value is -2.17. The molecule has 0 aromatic heterocycles. The van der Waals surface area contributed by atoms with Crippen LogP contribution in [0.3, 0.4) is 0 Å². The van der Waals surface area contributed by atoms with Gasteiger partial charge in [-0.25, -0.2) is 0 Å². The van der Waals surface area contributed by atoms with Gasteiger partial charge in [-0.15, -0.1) is 0 Å². The number of hydrogen-bond acceptors (Lipinski definition) is 3. The van der Waals surface area contributed by atoms with Crippen molar-refractivity contribution in [2.75, 3.05) is 25.5 Å². The number of nitrogens with zero attached hydrogens (tertiary/aromatic N) is 2. The second-order valence-electron chi connectivity index (χ2n) is 4.34. The van der Waals surface area contributed by atoms with E-state index in [4.69, 9.17) is 0 Å². The number of fused-ring (bicyclic) bond motifs is 1. The van der Waals surface area contributed by atoms with Crippen LogP contribution in [-0.4, -0.2) is 43.1 Å². The van der Waals surface area contributed by atoms with E-state index in [1.807, 2.05) is 0 Å². The maximum absolute atomic E-state index is 11.8. The summed E-state index contributed by atoms with van der Waals surface area (Å²) >= 11 is 0. The van der Waals surface area contributed by atoms with Gasteiger partial charge in [-0.05, 0) is 12.1 Å². The van der Waals surface area contributed by atoms with Crippen LogP contribution in [0.2, 0.25) is 0 Å². The van der Waals surface area contributed by atoms with Gasteiger partial charge in [0.1, 0.15) is 0 Å². The molecule has 5 nitrogen and oxygen atoms in total. The van der Waals surface area contributed by atoms with Gasteiger partial charge < -0.3 is 9.80 Å². The van der Waals surface area contributed by atoms with Gasteiger partial charge in [-0.3, -0.25) is 14.4 Å². The summed E-state index contributed by atoms with van der Waals surface area (Å²) in [5.74, 6) is -1.12. The molecule has 1 aromatic rings. The molecule has 0 bridgehead atoms. The summed E-state index contributed by atoms with van der Waals surface area (Å²) < 4.78 is 0. The van der Waals surface area contributed by atoms with Gasteiger partial charge in [0.2, 0.25) is 5.91 Å². The molecule has 0 fully saturated rings. The number of para-hydroxylation sites is 1. The fraction of sp³-hybridized carbons (Fsp3) is 0.308. The molecule has 0 saturated carbocycles. The molecule has 1 heterocycles. The number of amides is 2. The molecule has 5 heteroatoms. The second kappa shape index (κ2) is 4.60. The Balaban J connectivity index is 2.17. The summed E-state index contributed by atoms with van der Waals surface area (Å²) in [6, 6.07) is 6.84. The quantitative estimate of drug-likeness (QED) is 0.737. The molecule has 0 atom stereocenters. The van der Waals surface area contributed by atoms with E-state index < -0.39 is 11.7 Å². The van der Waals surface area contributed by atoms with Crippen molar-refractivity contribution < 1.29 is 14.4 Å². The van der Waals surface area contributed by atoms with Crippen molar-refractivity contribution in [3.05, 3.63) is 29.8 Å². The molecule has 0 saturated heterocycles. The first-order valence-corrected chi connectivity index (χ1v) is 5.67. The van der Waals surface area contributed by atoms with Crippen molar-refractivity contribution in [2.45, 2.75) is 6.42 Å². The molecule has 0 spiro atoms. The second-order valence-corrected chi connectivity index (χ2v) is 4.34. The molecule has 18 heavy (non-hydrogen) atoms. The third-order valence-electron chi connectivity index (χ3n) is 2.93. The van der Waals surface area contributed by atoms with E-state index in [1.54, 1.807) is 38.4 Å². The van der Waals surface area contributed by atoms with Crippen LogP contribution in [0.15, 0.2) is 24.3 Å². The highest BCUT2D eigenvalue weighted by Gasteiger charge is 2.35. The van der Waals surface area contributed by atoms with E-state index in [0.717, 1.165) is 0 Å². The summed E-state index contributed by atoms with van der Waals surface area (Å²) in [5, 5.41) is 0. The van der Waals surface area contributed by atoms with Gasteiger partial charge in [-0.2, -0.15) is 0 Å². The number of ketones is 1. The number of hydrogen-bond donors (Lipinski definition) is 0. The van der Waals surface area contributed by atoms with Gasteiger partial charge >= 0.3 is 0 Å². The first-order valence-electron chi connectivity index (χ1n) is 5.67. The molecule has 1 aliphatic rings. The van der Waals surface area contributed by atoms with E-state index in [1.165, 1.54) is 9.80 Å². The van der Waals surface area contributed by atoms with Crippen molar-refractivity contribution in [1.82, 2.24) is 4.90 Å². The molecule has 94 valence electrons. The maximum Gasteiger partial charge on any atom is 0.299 e. The van der Waals surface area contributed by atoms with Crippen molar-refractivity contribution in [3.8, 4) is 0 Å². The van der Waals surface area contributed by atoms with Gasteiger partial charge in [0.25, 0.3) is 11.7 Å². The number of carbonyl (C=O) groups excluding carboxylic acids is 3. The van der Waals surface area contributed by atoms with Crippen LogP contribution in [0.25, 0.3) is 0 Å². The Morgan fingerprint density at radius 3 is 2.56 bits per heavy atom. The largest absolute Gasteiger partial charge is 0.349 e. The number of Topliss-reactive ketones (excluding diaryl/α,β-unsaturated/α-hetero) is 1. The van der Waals surface area contributed by atoms with Crippen LogP contribution in [0.1, 0.15) is 16.8 Å². The Morgan fingerprint density at radius 2 is 1.89 bits per heavy atom. The molecular formula is C13H14N2O3. The zero-order valence-corrected chi connectivity index (χ0v) is 10.3. The number of benzene rings is 1. The third kappa shape index (κ3) is 1.99. The molecule has 2 amide bonds. The minimum atomic E-state index is -0.553. The summed E-state index contributed by atoms with van der Waals surface area (Å²) in [6.45, 7) is 0.235. The fourth-order valence-corrected chi connectivity index (χ4v) is 1.90. The number of anilines is 1. The predicted octanol–water partition coefficient (Wildman–Crippen LogP) is 0.694. The zero-order valence-electron chi connectivity index (χ0n) is 10.3. The highest BCUT2D eigenvalue weighted by molar-refractivity contribution is 6.52. The average Bonchev–Trinajstić information content (AvgIpc) is 2.60. The van der Waals surface area contributed by atoms with Crippen molar-refractivity contribution in [3.63, 3.8) is 0 Å². The lowest BCUT2D eigenvalue weighted by Crippen LogP contribution is -2.34. The Bertz CT molecular complexity index is 523. The van der Waals surface area contributed by atoms with Crippen LogP contribution in [0, 0.1) is 0 Å². The predicted molar refractivity (Wildman–Crippen MR) is 66.4 cm³/mol. The SMILES string of the molecule is CN(C)C(=O)CCN1C(=O)C(=O)c2ccccc21. The first-order chi connectivity index (χ1) is 8.52. The van der Waals surface area contributed by atoms with Crippen molar-refractivity contribution >= 4 is 23.3 Å². The van der Waals surface area contributed by atoms with Crippen LogP contribution in [0.5, 0.6) is 0 Å². The Labute approximate surface area is 105 Å². The monoisotopic (exact) mass is 246 g/mol. The van der Waals surface area contributed by atoms with Crippen LogP contribution in [0.4, 0.5) is 5.69 Å². The minimum Gasteiger partial charge on any atom is -0.349 e. The highest BCUT2D eigenvalue weighted by Crippen LogP contribution is 2.28. The molecule has 0 aliphatic carbocycles. The van der Waals surface area contributed by atoms with E-state index in [9.17, 15) is 14.4 Å². The van der Waals surface area contributed by atoms with E-state index in [-0.39, 0.29) is 18.9 Å². The minimum absolute atomic E-state index is 0.0698. The van der Waals surface area contributed by atoms with Crippen LogP contribution < -0.4 is 4.90 Å². The Morgan fingerprint density at radius 1 is 1.22 bits per heavy atom. The van der Waals surface area contributed by atoms with E-state index in [2.05, 4.69) is 0 Å². The fourth-order valence-electron chi connectivity index (χ4n) is 1.90. The van der Waals surface area contributed by atoms with Gasteiger partial charge in [0.15, 0.2) is 0 Å². The van der Waals surface area contributed by atoms with Crippen LogP contribution >= 0.6 is 0 Å². The molecule has 1 aromatic carbocycles. The number of carbonyl (C=O) groups is 3. The first kappa shape index (κ1) is 12.3. The summed E-state index contributed by atoms with van der Waals surface area (Å²) in [6.07, 6.45) is 0.209. The summed E-state index contributed by atoms with van der Waals surface area (Å²) in [5.41, 5.74) is 1.01. The lowest BCUT2D eigenvalue weighted by Gasteiger charge is -2.17. The van der Waals surface area contributed by atoms with E-state index >= 15 is 0 Å². The number of rotatable bonds is 3. The lowest BCUT2D eigenvalue weighted by atomic mass is 10.1. The molecule has 0 unspecified atom stereocenters. The average molecular weight is 246 g/mol. The molecule has 0 radical (unpaired) electrons. The lowest BCUT2D eigenvalue weighted by molar-refractivity contribution is -0.128. The Kier molecular flexibility index (Phi) is 3.14. The topological polar surface area (TPSA) is 57.7 Å². The van der Waals surface area contributed by atoms with Gasteiger partial charge in [0.05, 0.1) is 11.3 Å². The maximum atomic E-state index is 11.8. The molecule has 2 rings (SSSR count). The summed E-state index contributed by atoms with van der Waals surface area (Å²) in [7, 11) is 3.32. The van der Waals surface area contributed by atoms with Gasteiger partial charge in [-0.1, -0.05) is 12.1 Å². The smallest absolute Gasteiger partial charge is 0.299 e.